The van der Waals surface area contributed by atoms with Crippen LogP contribution in [-0.2, 0) is 18.9 Å². The maximum absolute atomic E-state index is 12.7. The Kier molecular flexibility index (Phi) is 7.63. The van der Waals surface area contributed by atoms with Crippen molar-refractivity contribution in [3.05, 3.63) is 71.8 Å². The molecule has 1 aromatic carbocycles. The Bertz CT molecular complexity index is 852. The van der Waals surface area contributed by atoms with E-state index in [0.717, 1.165) is 4.47 Å². The van der Waals surface area contributed by atoms with Gasteiger partial charge < -0.3 is 24.1 Å². The van der Waals surface area contributed by atoms with Crippen molar-refractivity contribution >= 4 is 21.9 Å². The number of ether oxygens (including phenoxy) is 4. The van der Waals surface area contributed by atoms with Crippen molar-refractivity contribution in [2.45, 2.75) is 74.5 Å². The van der Waals surface area contributed by atoms with Crippen LogP contribution in [0.15, 0.2) is 66.2 Å². The van der Waals surface area contributed by atoms with E-state index in [2.05, 4.69) is 29.1 Å². The van der Waals surface area contributed by atoms with Gasteiger partial charge in [-0.3, -0.25) is 0 Å². The van der Waals surface area contributed by atoms with E-state index < -0.39 is 24.4 Å². The quantitative estimate of drug-likeness (QED) is 0.490. The van der Waals surface area contributed by atoms with Crippen molar-refractivity contribution in [1.82, 2.24) is 0 Å². The fraction of sp³-hybridized carbons (Fsp3) is 0.480. The van der Waals surface area contributed by atoms with E-state index in [1.165, 1.54) is 0 Å². The van der Waals surface area contributed by atoms with Crippen LogP contribution in [0.5, 0.6) is 0 Å². The molecule has 0 radical (unpaired) electrons. The summed E-state index contributed by atoms with van der Waals surface area (Å²) in [5.74, 6) is -0.389. The lowest BCUT2D eigenvalue weighted by Gasteiger charge is -2.42. The summed E-state index contributed by atoms with van der Waals surface area (Å²) in [6, 6.07) is 7.06. The number of rotatable bonds is 4. The molecule has 4 rings (SSSR count). The second-order valence-electron chi connectivity index (χ2n) is 8.38. The van der Waals surface area contributed by atoms with Crippen LogP contribution in [0.25, 0.3) is 0 Å². The molecule has 0 unspecified atom stereocenters. The van der Waals surface area contributed by atoms with Crippen molar-refractivity contribution in [3.63, 3.8) is 0 Å². The summed E-state index contributed by atoms with van der Waals surface area (Å²) >= 11 is 3.37. The molecule has 3 aliphatic heterocycles. The second-order valence-corrected chi connectivity index (χ2v) is 9.30. The number of fused-ring (bicyclic) bond motifs is 2. The third kappa shape index (κ3) is 5.24. The van der Waals surface area contributed by atoms with Crippen molar-refractivity contribution in [3.8, 4) is 0 Å². The number of aliphatic hydroxyl groups is 1. The largest absolute Gasteiger partial charge is 0.456 e. The number of halogens is 1. The minimum Gasteiger partial charge on any atom is -0.456 e. The zero-order valence-electron chi connectivity index (χ0n) is 17.8. The highest BCUT2D eigenvalue weighted by molar-refractivity contribution is 9.10. The van der Waals surface area contributed by atoms with Gasteiger partial charge in [-0.1, -0.05) is 40.2 Å². The lowest BCUT2D eigenvalue weighted by molar-refractivity contribution is -0.203. The molecule has 0 aromatic heterocycles. The zero-order valence-corrected chi connectivity index (χ0v) is 19.4. The van der Waals surface area contributed by atoms with Crippen LogP contribution < -0.4 is 0 Å². The molecule has 0 saturated carbocycles. The molecule has 6 nitrogen and oxygen atoms in total. The Morgan fingerprint density at radius 3 is 2.47 bits per heavy atom. The molecule has 7 heteroatoms. The van der Waals surface area contributed by atoms with Crippen molar-refractivity contribution in [1.29, 1.82) is 0 Å². The van der Waals surface area contributed by atoms with Crippen LogP contribution in [0, 0.1) is 0 Å². The number of hydrogen-bond acceptors (Lipinski definition) is 6. The van der Waals surface area contributed by atoms with Gasteiger partial charge in [0.25, 0.3) is 0 Å². The monoisotopic (exact) mass is 504 g/mol. The van der Waals surface area contributed by atoms with Crippen LogP contribution in [0.4, 0.5) is 0 Å². The van der Waals surface area contributed by atoms with Crippen LogP contribution in [0.2, 0.25) is 0 Å². The van der Waals surface area contributed by atoms with Crippen LogP contribution in [-0.4, -0.2) is 59.9 Å². The van der Waals surface area contributed by atoms with Gasteiger partial charge in [0.05, 0.1) is 30.0 Å². The molecule has 0 bridgehead atoms. The SMILES string of the molecule is C=C[C@@H]1O[C@@H]2C[C@@H]3O[C@H](C=C)[C@@H](O)C/C=C\[C@H]3O[C@H]2CC[C@H]1OC(=O)c1ccc(Br)cc1. The third-order valence-corrected chi connectivity index (χ3v) is 6.76. The lowest BCUT2D eigenvalue weighted by atomic mass is 9.93. The Morgan fingerprint density at radius 2 is 1.75 bits per heavy atom. The molecule has 172 valence electrons. The first-order valence-electron chi connectivity index (χ1n) is 11.0. The molecule has 8 atom stereocenters. The summed E-state index contributed by atoms with van der Waals surface area (Å²) in [6.45, 7) is 7.69. The molecule has 0 spiro atoms. The molecule has 1 aromatic rings. The van der Waals surface area contributed by atoms with Crippen LogP contribution in [0.3, 0.4) is 0 Å². The third-order valence-electron chi connectivity index (χ3n) is 6.23. The topological polar surface area (TPSA) is 74.2 Å². The van der Waals surface area contributed by atoms with Crippen molar-refractivity contribution < 1.29 is 28.8 Å². The van der Waals surface area contributed by atoms with E-state index in [1.807, 2.05) is 12.2 Å². The van der Waals surface area contributed by atoms with Gasteiger partial charge in [-0.2, -0.15) is 0 Å². The Balaban J connectivity index is 1.46. The molecule has 2 fully saturated rings. The summed E-state index contributed by atoms with van der Waals surface area (Å²) in [6.07, 6.45) is 6.74. The standard InChI is InChI=1S/C25H29BrO6/c1-3-18-17(27)6-5-7-20-23(29-18)14-24-22(31-20)13-12-21(19(4-2)30-24)32-25(28)15-8-10-16(26)11-9-15/h3-5,7-11,17-24,27H,1-2,6,12-14H2/b7-5-/t17-,18+,19-,20+,21+,22-,23-,24+/m0/s1. The van der Waals surface area contributed by atoms with E-state index in [-0.39, 0.29) is 30.4 Å². The van der Waals surface area contributed by atoms with Crippen LogP contribution >= 0.6 is 15.9 Å². The van der Waals surface area contributed by atoms with Gasteiger partial charge in [-0.05, 0) is 43.5 Å². The van der Waals surface area contributed by atoms with Gasteiger partial charge in [0.15, 0.2) is 0 Å². The highest BCUT2D eigenvalue weighted by Gasteiger charge is 2.44. The predicted molar refractivity (Wildman–Crippen MR) is 123 cm³/mol. The lowest BCUT2D eigenvalue weighted by Crippen LogP contribution is -2.51. The van der Waals surface area contributed by atoms with E-state index in [0.29, 0.717) is 31.2 Å². The van der Waals surface area contributed by atoms with Crippen molar-refractivity contribution in [2.75, 3.05) is 0 Å². The maximum atomic E-state index is 12.7. The van der Waals surface area contributed by atoms with Gasteiger partial charge in [-0.15, -0.1) is 13.2 Å². The predicted octanol–water partition coefficient (Wildman–Crippen LogP) is 4.13. The smallest absolute Gasteiger partial charge is 0.338 e. The molecule has 3 heterocycles. The number of carbonyl (C=O) groups excluding carboxylic acids is 1. The summed E-state index contributed by atoms with van der Waals surface area (Å²) in [7, 11) is 0. The van der Waals surface area contributed by atoms with E-state index in [1.54, 1.807) is 36.4 Å². The molecule has 32 heavy (non-hydrogen) atoms. The summed E-state index contributed by atoms with van der Waals surface area (Å²) in [5, 5.41) is 10.3. The molecular formula is C25H29BrO6. The average Bonchev–Trinajstić information content (AvgIpc) is 2.95. The van der Waals surface area contributed by atoms with Gasteiger partial charge >= 0.3 is 5.97 Å². The number of benzene rings is 1. The fourth-order valence-electron chi connectivity index (χ4n) is 4.49. The maximum Gasteiger partial charge on any atom is 0.338 e. The Labute approximate surface area is 197 Å². The summed E-state index contributed by atoms with van der Waals surface area (Å²) in [5.41, 5.74) is 0.486. The number of carbonyl (C=O) groups is 1. The molecule has 3 aliphatic rings. The highest BCUT2D eigenvalue weighted by atomic mass is 79.9. The minimum absolute atomic E-state index is 0.144. The number of hydrogen-bond donors (Lipinski definition) is 1. The normalized spacial score (nSPS) is 38.1. The molecule has 2 saturated heterocycles. The van der Waals surface area contributed by atoms with Gasteiger partial charge in [0.1, 0.15) is 24.4 Å². The minimum atomic E-state index is -0.638. The van der Waals surface area contributed by atoms with Gasteiger partial charge in [0.2, 0.25) is 0 Å². The Morgan fingerprint density at radius 1 is 1.03 bits per heavy atom. The number of aliphatic hydroxyl groups excluding tert-OH is 1. The first kappa shape index (κ1) is 23.4. The van der Waals surface area contributed by atoms with E-state index in [9.17, 15) is 9.90 Å². The average molecular weight is 505 g/mol. The number of esters is 1. The summed E-state index contributed by atoms with van der Waals surface area (Å²) < 4.78 is 25.5. The van der Waals surface area contributed by atoms with E-state index >= 15 is 0 Å². The van der Waals surface area contributed by atoms with E-state index in [4.69, 9.17) is 18.9 Å². The molecule has 0 amide bonds. The van der Waals surface area contributed by atoms with Crippen molar-refractivity contribution in [2.24, 2.45) is 0 Å². The zero-order chi connectivity index (χ0) is 22.7. The second kappa shape index (κ2) is 10.4. The summed E-state index contributed by atoms with van der Waals surface area (Å²) in [4.78, 5) is 12.7. The molecule has 1 N–H and O–H groups in total. The van der Waals surface area contributed by atoms with Gasteiger partial charge in [0, 0.05) is 10.9 Å². The van der Waals surface area contributed by atoms with Gasteiger partial charge in [-0.25, -0.2) is 4.79 Å². The molecular weight excluding hydrogens is 476 g/mol. The first-order valence-corrected chi connectivity index (χ1v) is 11.8. The Hall–Kier alpha value is -1.77. The first-order chi connectivity index (χ1) is 15.5. The molecule has 0 aliphatic carbocycles. The van der Waals surface area contributed by atoms with Crippen LogP contribution in [0.1, 0.15) is 36.0 Å². The highest BCUT2D eigenvalue weighted by Crippen LogP contribution is 2.35. The fourth-order valence-corrected chi connectivity index (χ4v) is 4.75.